The second kappa shape index (κ2) is 8.88. The second-order valence-electron chi connectivity index (χ2n) is 6.51. The van der Waals surface area contributed by atoms with E-state index in [0.717, 1.165) is 21.1 Å². The highest BCUT2D eigenvalue weighted by molar-refractivity contribution is 9.10. The van der Waals surface area contributed by atoms with Crippen molar-refractivity contribution in [3.63, 3.8) is 0 Å². The minimum absolute atomic E-state index is 0.292. The maximum Gasteiger partial charge on any atom is 0.340 e. The molecule has 0 aliphatic carbocycles. The highest BCUT2D eigenvalue weighted by atomic mass is 79.9. The van der Waals surface area contributed by atoms with Gasteiger partial charge in [0.2, 0.25) is 0 Å². The van der Waals surface area contributed by atoms with E-state index in [4.69, 9.17) is 9.47 Å². The van der Waals surface area contributed by atoms with Gasteiger partial charge in [0.1, 0.15) is 5.75 Å². The molecule has 2 aromatic rings. The molecule has 1 atom stereocenters. The molecule has 2 N–H and O–H groups in total. The van der Waals surface area contributed by atoms with Crippen LogP contribution in [0.3, 0.4) is 0 Å². The van der Waals surface area contributed by atoms with Gasteiger partial charge in [0.25, 0.3) is 0 Å². The zero-order valence-corrected chi connectivity index (χ0v) is 17.5. The van der Waals surface area contributed by atoms with Crippen LogP contribution in [-0.2, 0) is 11.3 Å². The zero-order valence-electron chi connectivity index (χ0n) is 15.9. The molecule has 0 aliphatic heterocycles. The van der Waals surface area contributed by atoms with Crippen molar-refractivity contribution in [2.75, 3.05) is 20.3 Å². The maximum absolute atomic E-state index is 12.5. The van der Waals surface area contributed by atoms with E-state index in [1.807, 2.05) is 37.5 Å². The van der Waals surface area contributed by atoms with Crippen molar-refractivity contribution in [1.82, 2.24) is 9.88 Å². The van der Waals surface area contributed by atoms with E-state index in [9.17, 15) is 9.90 Å². The molecule has 2 rings (SSSR count). The Hall–Kier alpha value is -1.57. The van der Waals surface area contributed by atoms with Gasteiger partial charge in [0, 0.05) is 23.7 Å². The van der Waals surface area contributed by atoms with Crippen molar-refractivity contribution in [3.8, 4) is 5.75 Å². The first kappa shape index (κ1) is 20.7. The Labute approximate surface area is 162 Å². The van der Waals surface area contributed by atoms with Gasteiger partial charge in [-0.05, 0) is 41.9 Å². The average molecular weight is 427 g/mol. The lowest BCUT2D eigenvalue weighted by Gasteiger charge is -2.17. The molecule has 144 valence electrons. The van der Waals surface area contributed by atoms with E-state index in [2.05, 4.69) is 21.2 Å². The molecule has 7 heteroatoms. The number of hydrogen-bond donors (Lipinski definition) is 2. The number of esters is 1. The highest BCUT2D eigenvalue weighted by Gasteiger charge is 2.23. The standard InChI is InChI=1S/C19H27BrN2O4/c1-6-26-19(24)18-12(4)22(10-13(23)9-21-11(2)3)16-8-15(20)17(25-5)7-14(16)18/h7-8,11,13,21,23H,6,9-10H2,1-5H3/t13-/m1/s1. The van der Waals surface area contributed by atoms with Crippen LogP contribution in [0, 0.1) is 6.92 Å². The summed E-state index contributed by atoms with van der Waals surface area (Å²) in [7, 11) is 1.58. The summed E-state index contributed by atoms with van der Waals surface area (Å²) in [5.74, 6) is 0.273. The van der Waals surface area contributed by atoms with Gasteiger partial charge in [-0.25, -0.2) is 4.79 Å². The number of carbonyl (C=O) groups is 1. The summed E-state index contributed by atoms with van der Waals surface area (Å²) in [6.45, 7) is 8.87. The molecule has 1 aromatic carbocycles. The molecule has 0 saturated heterocycles. The summed E-state index contributed by atoms with van der Waals surface area (Å²) in [5, 5.41) is 14.4. The Balaban J connectivity index is 2.53. The summed E-state index contributed by atoms with van der Waals surface area (Å²) in [6.07, 6.45) is -0.581. The van der Waals surface area contributed by atoms with E-state index in [1.54, 1.807) is 14.0 Å². The van der Waals surface area contributed by atoms with Crippen LogP contribution in [-0.4, -0.2) is 48.1 Å². The SMILES string of the molecule is CCOC(=O)c1c(C)n(C[C@H](O)CNC(C)C)c2cc(Br)c(OC)cc12. The summed E-state index contributed by atoms with van der Waals surface area (Å²) in [6, 6.07) is 4.03. The maximum atomic E-state index is 12.5. The number of aliphatic hydroxyl groups is 1. The van der Waals surface area contributed by atoms with Gasteiger partial charge >= 0.3 is 5.97 Å². The Morgan fingerprint density at radius 3 is 2.65 bits per heavy atom. The highest BCUT2D eigenvalue weighted by Crippen LogP contribution is 2.35. The molecule has 1 aromatic heterocycles. The Bertz CT molecular complexity index is 786. The van der Waals surface area contributed by atoms with Crippen molar-refractivity contribution in [3.05, 3.63) is 27.9 Å². The normalized spacial score (nSPS) is 12.6. The van der Waals surface area contributed by atoms with Crippen LogP contribution < -0.4 is 10.1 Å². The first-order valence-corrected chi connectivity index (χ1v) is 9.54. The summed E-state index contributed by atoms with van der Waals surface area (Å²) < 4.78 is 13.4. The first-order valence-electron chi connectivity index (χ1n) is 8.75. The van der Waals surface area contributed by atoms with Gasteiger partial charge in [0.15, 0.2) is 0 Å². The number of benzene rings is 1. The van der Waals surface area contributed by atoms with Crippen LogP contribution in [0.4, 0.5) is 0 Å². The average Bonchev–Trinajstić information content (AvgIpc) is 2.84. The van der Waals surface area contributed by atoms with Crippen LogP contribution in [0.25, 0.3) is 10.9 Å². The molecule has 0 aliphatic rings. The van der Waals surface area contributed by atoms with Crippen LogP contribution in [0.5, 0.6) is 5.75 Å². The van der Waals surface area contributed by atoms with E-state index in [-0.39, 0.29) is 5.97 Å². The fourth-order valence-corrected chi connectivity index (χ4v) is 3.47. The number of halogens is 1. The van der Waals surface area contributed by atoms with Crippen molar-refractivity contribution >= 4 is 32.8 Å². The molecule has 0 bridgehead atoms. The number of rotatable bonds is 8. The molecule has 6 nitrogen and oxygen atoms in total. The lowest BCUT2D eigenvalue weighted by molar-refractivity contribution is 0.0527. The van der Waals surface area contributed by atoms with E-state index in [0.29, 0.717) is 37.1 Å². The summed E-state index contributed by atoms with van der Waals surface area (Å²) in [5.41, 5.74) is 2.13. The molecular formula is C19H27BrN2O4. The molecule has 0 radical (unpaired) electrons. The summed E-state index contributed by atoms with van der Waals surface area (Å²) >= 11 is 3.50. The molecule has 0 amide bonds. The number of carbonyl (C=O) groups excluding carboxylic acids is 1. The van der Waals surface area contributed by atoms with Crippen molar-refractivity contribution in [2.45, 2.75) is 46.4 Å². The third-order valence-corrected chi connectivity index (χ3v) is 4.85. The topological polar surface area (TPSA) is 72.7 Å². The second-order valence-corrected chi connectivity index (χ2v) is 7.37. The minimum atomic E-state index is -0.581. The number of methoxy groups -OCH3 is 1. The van der Waals surface area contributed by atoms with Gasteiger partial charge in [-0.3, -0.25) is 0 Å². The van der Waals surface area contributed by atoms with Gasteiger partial charge in [-0.1, -0.05) is 13.8 Å². The Morgan fingerprint density at radius 2 is 2.08 bits per heavy atom. The molecule has 0 fully saturated rings. The molecule has 1 heterocycles. The fraction of sp³-hybridized carbons (Fsp3) is 0.526. The third kappa shape index (κ3) is 4.39. The number of fused-ring (bicyclic) bond motifs is 1. The predicted molar refractivity (Wildman–Crippen MR) is 106 cm³/mol. The van der Waals surface area contributed by atoms with Crippen molar-refractivity contribution in [2.24, 2.45) is 0 Å². The van der Waals surface area contributed by atoms with Crippen LogP contribution in [0.2, 0.25) is 0 Å². The van der Waals surface area contributed by atoms with E-state index in [1.165, 1.54) is 0 Å². The predicted octanol–water partition coefficient (Wildman–Crippen LogP) is 3.26. The monoisotopic (exact) mass is 426 g/mol. The van der Waals surface area contributed by atoms with Crippen LogP contribution in [0.1, 0.15) is 36.8 Å². The molecule has 0 saturated carbocycles. The number of hydrogen-bond acceptors (Lipinski definition) is 5. The Kier molecular flexibility index (Phi) is 7.08. The number of aromatic nitrogens is 1. The lowest BCUT2D eigenvalue weighted by Crippen LogP contribution is -2.34. The quantitative estimate of drug-likeness (QED) is 0.633. The largest absolute Gasteiger partial charge is 0.496 e. The molecule has 0 spiro atoms. The zero-order chi connectivity index (χ0) is 19.4. The van der Waals surface area contributed by atoms with Gasteiger partial charge in [-0.2, -0.15) is 0 Å². The number of nitrogens with one attached hydrogen (secondary N) is 1. The van der Waals surface area contributed by atoms with Gasteiger partial charge < -0.3 is 24.5 Å². The number of nitrogens with zero attached hydrogens (tertiary/aromatic N) is 1. The minimum Gasteiger partial charge on any atom is -0.496 e. The number of ether oxygens (including phenoxy) is 2. The van der Waals surface area contributed by atoms with Crippen molar-refractivity contribution in [1.29, 1.82) is 0 Å². The van der Waals surface area contributed by atoms with Crippen LogP contribution in [0.15, 0.2) is 16.6 Å². The van der Waals surface area contributed by atoms with Crippen molar-refractivity contribution < 1.29 is 19.4 Å². The van der Waals surface area contributed by atoms with Crippen LogP contribution >= 0.6 is 15.9 Å². The lowest BCUT2D eigenvalue weighted by atomic mass is 10.1. The van der Waals surface area contributed by atoms with Gasteiger partial charge in [-0.15, -0.1) is 0 Å². The first-order chi connectivity index (χ1) is 12.3. The third-order valence-electron chi connectivity index (χ3n) is 4.23. The smallest absolute Gasteiger partial charge is 0.340 e. The van der Waals surface area contributed by atoms with E-state index >= 15 is 0 Å². The number of aliphatic hydroxyl groups excluding tert-OH is 1. The van der Waals surface area contributed by atoms with E-state index < -0.39 is 6.10 Å². The molecular weight excluding hydrogens is 400 g/mol. The molecule has 26 heavy (non-hydrogen) atoms. The Morgan fingerprint density at radius 1 is 1.38 bits per heavy atom. The molecule has 0 unspecified atom stereocenters. The summed E-state index contributed by atoms with van der Waals surface area (Å²) in [4.78, 5) is 12.5. The van der Waals surface area contributed by atoms with Gasteiger partial charge in [0.05, 0.1) is 41.9 Å². The fourth-order valence-electron chi connectivity index (χ4n) is 2.98.